The summed E-state index contributed by atoms with van der Waals surface area (Å²) in [4.78, 5) is 24.4. The third-order valence-corrected chi connectivity index (χ3v) is 5.31. The van der Waals surface area contributed by atoms with Crippen molar-refractivity contribution in [2.75, 3.05) is 7.11 Å². The number of benzene rings is 3. The van der Waals surface area contributed by atoms with Crippen LogP contribution in [0.4, 0.5) is 0 Å². The standard InChI is InChI=1S/C26H22O5/c1-16-6-4-5-7-20(16)15-30-22-13-12-21-24(27)23(31-25(21)17(22)2)14-18-8-10-19(11-9-18)26(28)29-3/h4-14H,15H2,1-3H3/b23-14-. The van der Waals surface area contributed by atoms with Crippen LogP contribution in [0.2, 0.25) is 0 Å². The van der Waals surface area contributed by atoms with Crippen molar-refractivity contribution < 1.29 is 23.8 Å². The number of allylic oxidation sites excluding steroid dienone is 1. The highest BCUT2D eigenvalue weighted by atomic mass is 16.5. The maximum Gasteiger partial charge on any atom is 0.337 e. The molecular weight excluding hydrogens is 392 g/mol. The van der Waals surface area contributed by atoms with Crippen LogP contribution in [0.25, 0.3) is 6.08 Å². The van der Waals surface area contributed by atoms with Crippen LogP contribution < -0.4 is 9.47 Å². The van der Waals surface area contributed by atoms with Gasteiger partial charge in [-0.1, -0.05) is 36.4 Å². The monoisotopic (exact) mass is 414 g/mol. The Kier molecular flexibility index (Phi) is 5.58. The molecule has 0 unspecified atom stereocenters. The Hall–Kier alpha value is -3.86. The van der Waals surface area contributed by atoms with Crippen LogP contribution in [0.3, 0.4) is 0 Å². The molecule has 0 N–H and O–H groups in total. The first-order valence-corrected chi connectivity index (χ1v) is 9.91. The van der Waals surface area contributed by atoms with Crippen LogP contribution in [-0.2, 0) is 11.3 Å². The lowest BCUT2D eigenvalue weighted by Gasteiger charge is -2.12. The number of aryl methyl sites for hydroxylation is 1. The number of ether oxygens (including phenoxy) is 3. The van der Waals surface area contributed by atoms with Crippen LogP contribution in [-0.4, -0.2) is 18.9 Å². The van der Waals surface area contributed by atoms with Crippen LogP contribution >= 0.6 is 0 Å². The lowest BCUT2D eigenvalue weighted by atomic mass is 10.1. The molecule has 1 aliphatic rings. The molecular formula is C26H22O5. The Balaban J connectivity index is 1.54. The molecule has 0 saturated heterocycles. The van der Waals surface area contributed by atoms with Gasteiger partial charge in [-0.05, 0) is 60.9 Å². The lowest BCUT2D eigenvalue weighted by Crippen LogP contribution is -2.01. The normalized spacial score (nSPS) is 13.6. The van der Waals surface area contributed by atoms with Crippen LogP contribution in [0, 0.1) is 13.8 Å². The zero-order chi connectivity index (χ0) is 22.0. The van der Waals surface area contributed by atoms with Gasteiger partial charge >= 0.3 is 5.97 Å². The average molecular weight is 414 g/mol. The molecule has 0 spiro atoms. The van der Waals surface area contributed by atoms with Gasteiger partial charge in [-0.25, -0.2) is 4.79 Å². The molecule has 5 heteroatoms. The van der Waals surface area contributed by atoms with Gasteiger partial charge in [-0.3, -0.25) is 4.79 Å². The Morgan fingerprint density at radius 2 is 1.74 bits per heavy atom. The summed E-state index contributed by atoms with van der Waals surface area (Å²) in [6.45, 7) is 4.37. The van der Waals surface area contributed by atoms with Gasteiger partial charge in [-0.2, -0.15) is 0 Å². The first-order valence-electron chi connectivity index (χ1n) is 9.91. The van der Waals surface area contributed by atoms with Gasteiger partial charge < -0.3 is 14.2 Å². The smallest absolute Gasteiger partial charge is 0.337 e. The van der Waals surface area contributed by atoms with E-state index in [0.29, 0.717) is 29.2 Å². The fourth-order valence-electron chi connectivity index (χ4n) is 3.44. The zero-order valence-corrected chi connectivity index (χ0v) is 17.6. The zero-order valence-electron chi connectivity index (χ0n) is 17.6. The van der Waals surface area contributed by atoms with Gasteiger partial charge in [0.1, 0.15) is 18.1 Å². The number of hydrogen-bond acceptors (Lipinski definition) is 5. The summed E-state index contributed by atoms with van der Waals surface area (Å²) in [5.41, 5.74) is 4.75. The minimum Gasteiger partial charge on any atom is -0.488 e. The van der Waals surface area contributed by atoms with Gasteiger partial charge in [0.25, 0.3) is 0 Å². The van der Waals surface area contributed by atoms with Crippen molar-refractivity contribution in [2.24, 2.45) is 0 Å². The van der Waals surface area contributed by atoms with Gasteiger partial charge in [0.2, 0.25) is 5.78 Å². The van der Waals surface area contributed by atoms with Crippen molar-refractivity contribution in [1.82, 2.24) is 0 Å². The number of methoxy groups -OCH3 is 1. The van der Waals surface area contributed by atoms with Crippen molar-refractivity contribution in [1.29, 1.82) is 0 Å². The molecule has 5 nitrogen and oxygen atoms in total. The molecule has 31 heavy (non-hydrogen) atoms. The molecule has 0 aliphatic carbocycles. The fraction of sp³-hybridized carbons (Fsp3) is 0.154. The van der Waals surface area contributed by atoms with E-state index in [4.69, 9.17) is 14.2 Å². The molecule has 4 rings (SSSR count). The van der Waals surface area contributed by atoms with Crippen molar-refractivity contribution in [3.63, 3.8) is 0 Å². The van der Waals surface area contributed by atoms with Gasteiger partial charge in [-0.15, -0.1) is 0 Å². The van der Waals surface area contributed by atoms with E-state index < -0.39 is 5.97 Å². The number of Topliss-reactive ketones (excluding diaryl/α,β-unsaturated/α-hetero) is 1. The van der Waals surface area contributed by atoms with Gasteiger partial charge in [0, 0.05) is 5.56 Å². The van der Waals surface area contributed by atoms with Crippen molar-refractivity contribution in [3.05, 3.63) is 99.8 Å². The van der Waals surface area contributed by atoms with E-state index in [0.717, 1.165) is 22.3 Å². The molecule has 3 aromatic rings. The minimum atomic E-state index is -0.409. The molecule has 0 atom stereocenters. The second-order valence-corrected chi connectivity index (χ2v) is 7.33. The number of fused-ring (bicyclic) bond motifs is 1. The van der Waals surface area contributed by atoms with E-state index in [1.54, 1.807) is 36.4 Å². The summed E-state index contributed by atoms with van der Waals surface area (Å²) in [6.07, 6.45) is 1.66. The molecule has 0 fully saturated rings. The maximum atomic E-state index is 12.8. The van der Waals surface area contributed by atoms with Crippen molar-refractivity contribution in [2.45, 2.75) is 20.5 Å². The van der Waals surface area contributed by atoms with Gasteiger partial charge in [0.15, 0.2) is 5.76 Å². The molecule has 3 aromatic carbocycles. The maximum absolute atomic E-state index is 12.8. The van der Waals surface area contributed by atoms with Gasteiger partial charge in [0.05, 0.1) is 18.2 Å². The SMILES string of the molecule is COC(=O)c1ccc(/C=C2\Oc3c(ccc(OCc4ccccc4C)c3C)C2=O)cc1. The second-order valence-electron chi connectivity index (χ2n) is 7.33. The van der Waals surface area contributed by atoms with Crippen LogP contribution in [0.1, 0.15) is 43.0 Å². The van der Waals surface area contributed by atoms with E-state index in [1.165, 1.54) is 7.11 Å². The highest BCUT2D eigenvalue weighted by Crippen LogP contribution is 2.39. The molecule has 0 bridgehead atoms. The first kappa shape index (κ1) is 20.4. The van der Waals surface area contributed by atoms with E-state index in [9.17, 15) is 9.59 Å². The Morgan fingerprint density at radius 1 is 1.00 bits per heavy atom. The summed E-state index contributed by atoms with van der Waals surface area (Å²) < 4.78 is 16.6. The molecule has 0 aromatic heterocycles. The van der Waals surface area contributed by atoms with Crippen molar-refractivity contribution in [3.8, 4) is 11.5 Å². The fourth-order valence-corrected chi connectivity index (χ4v) is 3.44. The highest BCUT2D eigenvalue weighted by Gasteiger charge is 2.30. The second kappa shape index (κ2) is 8.48. The third kappa shape index (κ3) is 4.08. The molecule has 1 aliphatic heterocycles. The van der Waals surface area contributed by atoms with E-state index >= 15 is 0 Å². The summed E-state index contributed by atoms with van der Waals surface area (Å²) in [6, 6.07) is 18.4. The predicted molar refractivity (Wildman–Crippen MR) is 117 cm³/mol. The number of carbonyl (C=O) groups excluding carboxylic acids is 2. The molecule has 0 radical (unpaired) electrons. The van der Waals surface area contributed by atoms with Crippen LogP contribution in [0.15, 0.2) is 66.4 Å². The van der Waals surface area contributed by atoms with E-state index in [-0.39, 0.29) is 11.5 Å². The van der Waals surface area contributed by atoms with E-state index in [1.807, 2.05) is 44.2 Å². The topological polar surface area (TPSA) is 61.8 Å². The number of ketones is 1. The Bertz CT molecular complexity index is 1190. The molecule has 0 saturated carbocycles. The molecule has 156 valence electrons. The predicted octanol–water partition coefficient (Wildman–Crippen LogP) is 5.29. The Morgan fingerprint density at radius 3 is 2.45 bits per heavy atom. The largest absolute Gasteiger partial charge is 0.488 e. The summed E-state index contributed by atoms with van der Waals surface area (Å²) in [7, 11) is 1.34. The minimum absolute atomic E-state index is 0.180. The number of hydrogen-bond donors (Lipinski definition) is 0. The van der Waals surface area contributed by atoms with Crippen molar-refractivity contribution >= 4 is 17.8 Å². The number of rotatable bonds is 5. The summed E-state index contributed by atoms with van der Waals surface area (Å²) in [5.74, 6) is 0.845. The quantitative estimate of drug-likeness (QED) is 0.420. The third-order valence-electron chi connectivity index (χ3n) is 5.31. The number of carbonyl (C=O) groups is 2. The summed E-state index contributed by atoms with van der Waals surface area (Å²) in [5, 5.41) is 0. The average Bonchev–Trinajstić information content (AvgIpc) is 3.10. The van der Waals surface area contributed by atoms with Crippen LogP contribution in [0.5, 0.6) is 11.5 Å². The molecule has 0 amide bonds. The first-order chi connectivity index (χ1) is 15.0. The lowest BCUT2D eigenvalue weighted by molar-refractivity contribution is 0.0600. The number of esters is 1. The highest BCUT2D eigenvalue weighted by molar-refractivity contribution is 6.15. The van der Waals surface area contributed by atoms with E-state index in [2.05, 4.69) is 0 Å². The summed E-state index contributed by atoms with van der Waals surface area (Å²) >= 11 is 0. The Labute approximate surface area is 180 Å². The molecule has 1 heterocycles.